The number of nitrogens with one attached hydrogen (secondary N) is 1. The number of hydrogen-bond donors (Lipinski definition) is 1. The van der Waals surface area contributed by atoms with Gasteiger partial charge in [0, 0.05) is 10.2 Å². The van der Waals surface area contributed by atoms with Gasteiger partial charge in [-0.3, -0.25) is 4.79 Å². The number of amides is 1. The third-order valence-electron chi connectivity index (χ3n) is 3.73. The summed E-state index contributed by atoms with van der Waals surface area (Å²) >= 11 is 3.44. The number of hydrogen-bond acceptors (Lipinski definition) is 4. The molecule has 0 aliphatic rings. The molecule has 0 saturated heterocycles. The molecule has 0 saturated carbocycles. The van der Waals surface area contributed by atoms with E-state index in [4.69, 9.17) is 15.9 Å². The lowest BCUT2D eigenvalue weighted by molar-refractivity contribution is -0.112. The Morgan fingerprint density at radius 1 is 1.29 bits per heavy atom. The number of para-hydroxylation sites is 1. The van der Waals surface area contributed by atoms with Crippen LogP contribution >= 0.6 is 15.9 Å². The minimum atomic E-state index is -0.491. The van der Waals surface area contributed by atoms with Crippen LogP contribution in [-0.2, 0) is 4.79 Å². The van der Waals surface area contributed by atoms with Crippen molar-refractivity contribution in [3.63, 3.8) is 0 Å². The van der Waals surface area contributed by atoms with Crippen molar-refractivity contribution in [2.45, 2.75) is 13.8 Å². The first-order valence-corrected chi connectivity index (χ1v) is 9.30. The highest BCUT2D eigenvalue weighted by molar-refractivity contribution is 9.10. The van der Waals surface area contributed by atoms with Gasteiger partial charge in [0.1, 0.15) is 18.2 Å². The highest BCUT2D eigenvalue weighted by Gasteiger charge is 2.14. The second kappa shape index (κ2) is 10.2. The number of ether oxygens (including phenoxy) is 2. The van der Waals surface area contributed by atoms with Crippen molar-refractivity contribution < 1.29 is 14.3 Å². The Morgan fingerprint density at radius 3 is 2.64 bits per heavy atom. The Hall–Kier alpha value is -3.22. The maximum Gasteiger partial charge on any atom is 0.266 e. The summed E-state index contributed by atoms with van der Waals surface area (Å²) in [5.41, 5.74) is 2.13. The van der Waals surface area contributed by atoms with Crippen LogP contribution in [0.2, 0.25) is 0 Å². The van der Waals surface area contributed by atoms with E-state index in [0.29, 0.717) is 33.8 Å². The molecule has 0 unspecified atom stereocenters. The van der Waals surface area contributed by atoms with Gasteiger partial charge in [0.15, 0.2) is 11.5 Å². The molecule has 0 bridgehead atoms. The molecule has 0 aliphatic carbocycles. The number of benzene rings is 2. The van der Waals surface area contributed by atoms with Gasteiger partial charge in [0.2, 0.25) is 0 Å². The lowest BCUT2D eigenvalue weighted by atomic mass is 10.1. The molecule has 2 rings (SSSR count). The predicted molar refractivity (Wildman–Crippen MR) is 113 cm³/mol. The summed E-state index contributed by atoms with van der Waals surface area (Å²) in [4.78, 5) is 12.5. The van der Waals surface area contributed by atoms with Crippen molar-refractivity contribution >= 4 is 33.6 Å². The Balaban J connectivity index is 2.36. The Labute approximate surface area is 173 Å². The van der Waals surface area contributed by atoms with Crippen LogP contribution in [0.4, 0.5) is 5.69 Å². The first-order chi connectivity index (χ1) is 13.5. The van der Waals surface area contributed by atoms with E-state index in [1.165, 1.54) is 6.08 Å². The van der Waals surface area contributed by atoms with Crippen LogP contribution in [0.25, 0.3) is 6.08 Å². The second-order valence-corrected chi connectivity index (χ2v) is 6.54. The van der Waals surface area contributed by atoms with Crippen LogP contribution in [0, 0.1) is 30.6 Å². The molecule has 0 aromatic heterocycles. The molecule has 6 heteroatoms. The monoisotopic (exact) mass is 438 g/mol. The van der Waals surface area contributed by atoms with Crippen molar-refractivity contribution in [2.75, 3.05) is 18.5 Å². The first-order valence-electron chi connectivity index (χ1n) is 8.51. The Morgan fingerprint density at radius 2 is 2.00 bits per heavy atom. The number of carbonyl (C=O) groups is 1. The molecular weight excluding hydrogens is 420 g/mol. The van der Waals surface area contributed by atoms with E-state index in [1.54, 1.807) is 18.2 Å². The average Bonchev–Trinajstić information content (AvgIpc) is 2.68. The molecule has 142 valence electrons. The lowest BCUT2D eigenvalue weighted by Crippen LogP contribution is -2.14. The predicted octanol–water partition coefficient (Wildman–Crippen LogP) is 4.71. The summed E-state index contributed by atoms with van der Waals surface area (Å²) < 4.78 is 11.7. The molecule has 1 N–H and O–H groups in total. The quantitative estimate of drug-likeness (QED) is 0.385. The van der Waals surface area contributed by atoms with Crippen molar-refractivity contribution in [1.82, 2.24) is 0 Å². The number of halogens is 1. The van der Waals surface area contributed by atoms with Crippen LogP contribution < -0.4 is 14.8 Å². The van der Waals surface area contributed by atoms with Crippen molar-refractivity contribution in [3.8, 4) is 29.9 Å². The van der Waals surface area contributed by atoms with Gasteiger partial charge in [-0.1, -0.05) is 40.0 Å². The van der Waals surface area contributed by atoms with Gasteiger partial charge >= 0.3 is 0 Å². The van der Waals surface area contributed by atoms with Crippen LogP contribution in [0.3, 0.4) is 0 Å². The highest BCUT2D eigenvalue weighted by Crippen LogP contribution is 2.35. The molecule has 0 aliphatic heterocycles. The molecule has 1 amide bonds. The fraction of sp³-hybridized carbons (Fsp3) is 0.182. The smallest absolute Gasteiger partial charge is 0.266 e. The molecule has 0 heterocycles. The Kier molecular flexibility index (Phi) is 7.68. The summed E-state index contributed by atoms with van der Waals surface area (Å²) in [6, 6.07) is 12.7. The third-order valence-corrected chi connectivity index (χ3v) is 4.42. The zero-order valence-electron chi connectivity index (χ0n) is 15.6. The maximum atomic E-state index is 12.5. The van der Waals surface area contributed by atoms with Gasteiger partial charge in [0.05, 0.1) is 6.61 Å². The molecule has 0 fully saturated rings. The Bertz CT molecular complexity index is 984. The normalized spacial score (nSPS) is 10.5. The summed E-state index contributed by atoms with van der Waals surface area (Å²) in [5.74, 6) is 2.87. The minimum absolute atomic E-state index is 0.0382. The molecule has 0 atom stereocenters. The van der Waals surface area contributed by atoms with Gasteiger partial charge in [0.25, 0.3) is 5.91 Å². The zero-order valence-corrected chi connectivity index (χ0v) is 17.2. The number of aryl methyl sites for hydroxylation is 1. The molecule has 2 aromatic rings. The number of carbonyl (C=O) groups excluding carboxylic acids is 1. The van der Waals surface area contributed by atoms with E-state index >= 15 is 0 Å². The SMILES string of the molecule is C#CCOc1cc(Br)c(/C=C(\C#N)C(=O)Nc2ccccc2C)cc1OCC. The average molecular weight is 439 g/mol. The van der Waals surface area contributed by atoms with Crippen LogP contribution in [0.1, 0.15) is 18.1 Å². The van der Waals surface area contributed by atoms with E-state index in [0.717, 1.165) is 5.56 Å². The van der Waals surface area contributed by atoms with Gasteiger partial charge in [-0.15, -0.1) is 6.42 Å². The summed E-state index contributed by atoms with van der Waals surface area (Å²) in [6.45, 7) is 4.25. The van der Waals surface area contributed by atoms with E-state index in [1.807, 2.05) is 38.1 Å². The highest BCUT2D eigenvalue weighted by atomic mass is 79.9. The lowest BCUT2D eigenvalue weighted by Gasteiger charge is -2.13. The molecular formula is C22H19BrN2O3. The number of nitriles is 1. The first kappa shape index (κ1) is 21.1. The van der Waals surface area contributed by atoms with Crippen molar-refractivity contribution in [1.29, 1.82) is 5.26 Å². The van der Waals surface area contributed by atoms with Crippen molar-refractivity contribution in [2.24, 2.45) is 0 Å². The molecule has 2 aromatic carbocycles. The fourth-order valence-electron chi connectivity index (χ4n) is 2.37. The second-order valence-electron chi connectivity index (χ2n) is 5.69. The van der Waals surface area contributed by atoms with E-state index in [-0.39, 0.29) is 12.2 Å². The van der Waals surface area contributed by atoms with Gasteiger partial charge in [-0.25, -0.2) is 0 Å². The number of terminal acetylenes is 1. The van der Waals surface area contributed by atoms with E-state index in [2.05, 4.69) is 27.2 Å². The van der Waals surface area contributed by atoms with Crippen LogP contribution in [0.15, 0.2) is 46.4 Å². The van der Waals surface area contributed by atoms with Gasteiger partial charge < -0.3 is 14.8 Å². The number of anilines is 1. The van der Waals surface area contributed by atoms with E-state index < -0.39 is 5.91 Å². The van der Waals surface area contributed by atoms with Crippen LogP contribution in [0.5, 0.6) is 11.5 Å². The van der Waals surface area contributed by atoms with Crippen LogP contribution in [-0.4, -0.2) is 19.1 Å². The van der Waals surface area contributed by atoms with Gasteiger partial charge in [-0.2, -0.15) is 5.26 Å². The number of nitrogens with zero attached hydrogens (tertiary/aromatic N) is 1. The summed E-state index contributed by atoms with van der Waals surface area (Å²) in [7, 11) is 0. The van der Waals surface area contributed by atoms with Gasteiger partial charge in [-0.05, 0) is 49.2 Å². The zero-order chi connectivity index (χ0) is 20.5. The summed E-state index contributed by atoms with van der Waals surface area (Å²) in [5, 5.41) is 12.2. The standard InChI is InChI=1S/C22H19BrN2O3/c1-4-10-28-21-13-18(23)16(12-20(21)27-5-2)11-17(14-24)22(26)25-19-9-7-6-8-15(19)3/h1,6-9,11-13H,5,10H2,2-3H3,(H,25,26)/b17-11+. The summed E-state index contributed by atoms with van der Waals surface area (Å²) in [6.07, 6.45) is 6.73. The maximum absolute atomic E-state index is 12.5. The topological polar surface area (TPSA) is 71.3 Å². The molecule has 28 heavy (non-hydrogen) atoms. The molecule has 5 nitrogen and oxygen atoms in total. The van der Waals surface area contributed by atoms with Crippen molar-refractivity contribution in [3.05, 3.63) is 57.6 Å². The van der Waals surface area contributed by atoms with E-state index in [9.17, 15) is 10.1 Å². The largest absolute Gasteiger partial charge is 0.490 e. The fourth-order valence-corrected chi connectivity index (χ4v) is 2.81. The minimum Gasteiger partial charge on any atom is -0.490 e. The molecule has 0 spiro atoms. The third kappa shape index (κ3) is 5.39. The molecule has 0 radical (unpaired) electrons. The number of rotatable bonds is 7.